The molecule has 1 heterocycles. The lowest BCUT2D eigenvalue weighted by Crippen LogP contribution is -2.18. The smallest absolute Gasteiger partial charge is 0.412 e. The molecule has 4 aromatic rings. The summed E-state index contributed by atoms with van der Waals surface area (Å²) in [5, 5.41) is 17.1. The number of rotatable bonds is 7. The van der Waals surface area contributed by atoms with Gasteiger partial charge in [0.25, 0.3) is 0 Å². The first-order valence-electron chi connectivity index (χ1n) is 11.9. The SMILES string of the molecule is Nc1ccccc1NC(=O)/C=C/C[C@H](OC(=O)Nc1ccc2c(c1)OCO2)c1ccc(O)c2ccccc12. The molecule has 0 unspecified atom stereocenters. The van der Waals surface area contributed by atoms with E-state index in [1.165, 1.54) is 6.08 Å². The van der Waals surface area contributed by atoms with Crippen molar-refractivity contribution in [1.29, 1.82) is 0 Å². The van der Waals surface area contributed by atoms with Crippen LogP contribution in [0.1, 0.15) is 18.1 Å². The van der Waals surface area contributed by atoms with Crippen LogP contribution in [-0.4, -0.2) is 23.9 Å². The third-order valence-corrected chi connectivity index (χ3v) is 5.99. The number of ether oxygens (including phenoxy) is 3. The highest BCUT2D eigenvalue weighted by molar-refractivity contribution is 6.01. The lowest BCUT2D eigenvalue weighted by Gasteiger charge is -2.20. The molecule has 192 valence electrons. The number of carbonyl (C=O) groups excluding carboxylic acids is 2. The van der Waals surface area contributed by atoms with Gasteiger partial charge in [-0.1, -0.05) is 48.5 Å². The lowest BCUT2D eigenvalue weighted by molar-refractivity contribution is -0.111. The van der Waals surface area contributed by atoms with Crippen molar-refractivity contribution >= 4 is 39.8 Å². The van der Waals surface area contributed by atoms with Gasteiger partial charge in [0, 0.05) is 29.1 Å². The van der Waals surface area contributed by atoms with E-state index in [-0.39, 0.29) is 24.9 Å². The molecule has 38 heavy (non-hydrogen) atoms. The summed E-state index contributed by atoms with van der Waals surface area (Å²) >= 11 is 0. The zero-order chi connectivity index (χ0) is 26.5. The maximum absolute atomic E-state index is 12.9. The second-order valence-electron chi connectivity index (χ2n) is 8.52. The minimum atomic E-state index is -0.764. The Labute approximate surface area is 218 Å². The van der Waals surface area contributed by atoms with E-state index < -0.39 is 12.2 Å². The van der Waals surface area contributed by atoms with Crippen LogP contribution >= 0.6 is 0 Å². The van der Waals surface area contributed by atoms with E-state index >= 15 is 0 Å². The molecule has 1 aliphatic heterocycles. The largest absolute Gasteiger partial charge is 0.507 e. The second-order valence-corrected chi connectivity index (χ2v) is 8.52. The van der Waals surface area contributed by atoms with Crippen molar-refractivity contribution in [2.75, 3.05) is 23.2 Å². The molecule has 1 atom stereocenters. The van der Waals surface area contributed by atoms with Gasteiger partial charge in [0.1, 0.15) is 11.9 Å². The van der Waals surface area contributed by atoms with E-state index in [4.69, 9.17) is 19.9 Å². The molecule has 0 saturated carbocycles. The number of nitrogens with two attached hydrogens (primary N) is 1. The van der Waals surface area contributed by atoms with Crippen molar-refractivity contribution < 1.29 is 28.9 Å². The highest BCUT2D eigenvalue weighted by Gasteiger charge is 2.21. The number of hydrogen-bond donors (Lipinski definition) is 4. The maximum atomic E-state index is 12.9. The predicted molar refractivity (Wildman–Crippen MR) is 144 cm³/mol. The Morgan fingerprint density at radius 1 is 0.947 bits per heavy atom. The number of fused-ring (bicyclic) bond motifs is 2. The summed E-state index contributed by atoms with van der Waals surface area (Å²) in [6.45, 7) is 0.121. The highest BCUT2D eigenvalue weighted by Crippen LogP contribution is 2.36. The van der Waals surface area contributed by atoms with E-state index in [1.54, 1.807) is 66.7 Å². The van der Waals surface area contributed by atoms with Gasteiger partial charge in [-0.3, -0.25) is 10.1 Å². The standard InChI is InChI=1S/C29H25N3O6/c30-22-8-3-4-9-23(22)32-28(34)11-5-10-25(21-13-14-24(33)20-7-2-1-6-19(20)21)38-29(35)31-18-12-15-26-27(16-18)37-17-36-26/h1-9,11-16,25,33H,10,17,30H2,(H,31,35)(H,32,34)/b11-5+/t25-/m0/s1. The van der Waals surface area contributed by atoms with Gasteiger partial charge in [0.15, 0.2) is 11.5 Å². The first-order chi connectivity index (χ1) is 18.5. The van der Waals surface area contributed by atoms with Crippen LogP contribution in [0.4, 0.5) is 21.9 Å². The van der Waals surface area contributed by atoms with E-state index in [9.17, 15) is 14.7 Å². The molecule has 0 radical (unpaired) electrons. The van der Waals surface area contributed by atoms with Crippen LogP contribution in [-0.2, 0) is 9.53 Å². The summed E-state index contributed by atoms with van der Waals surface area (Å²) in [6.07, 6.45) is 1.72. The number of benzene rings is 4. The second kappa shape index (κ2) is 10.8. The lowest BCUT2D eigenvalue weighted by atomic mass is 9.97. The fraction of sp³-hybridized carbons (Fsp3) is 0.103. The van der Waals surface area contributed by atoms with Crippen LogP contribution in [0.5, 0.6) is 17.2 Å². The molecule has 0 bridgehead atoms. The summed E-state index contributed by atoms with van der Waals surface area (Å²) in [7, 11) is 0. The van der Waals surface area contributed by atoms with Crippen molar-refractivity contribution in [1.82, 2.24) is 0 Å². The third kappa shape index (κ3) is 5.46. The molecule has 9 nitrogen and oxygen atoms in total. The van der Waals surface area contributed by atoms with Crippen LogP contribution in [0.3, 0.4) is 0 Å². The van der Waals surface area contributed by atoms with E-state index in [0.717, 1.165) is 5.39 Å². The summed E-state index contributed by atoms with van der Waals surface area (Å²) in [5.74, 6) is 0.861. The number of nitrogen functional groups attached to an aromatic ring is 1. The Hall–Kier alpha value is -5.18. The van der Waals surface area contributed by atoms with Crippen molar-refractivity contribution in [2.24, 2.45) is 0 Å². The number of hydrogen-bond acceptors (Lipinski definition) is 7. The Morgan fingerprint density at radius 2 is 1.71 bits per heavy atom. The highest BCUT2D eigenvalue weighted by atomic mass is 16.7. The molecule has 4 aromatic carbocycles. The van der Waals surface area contributed by atoms with E-state index in [0.29, 0.717) is 39.5 Å². The van der Waals surface area contributed by atoms with Crippen LogP contribution in [0.25, 0.3) is 10.8 Å². The Balaban J connectivity index is 1.35. The Bertz CT molecular complexity index is 1530. The topological polar surface area (TPSA) is 132 Å². The van der Waals surface area contributed by atoms with Crippen LogP contribution in [0, 0.1) is 0 Å². The molecule has 2 amide bonds. The molecule has 0 fully saturated rings. The molecular weight excluding hydrogens is 486 g/mol. The monoisotopic (exact) mass is 511 g/mol. The molecule has 1 aliphatic rings. The number of carbonyl (C=O) groups is 2. The molecule has 0 saturated heterocycles. The minimum Gasteiger partial charge on any atom is -0.507 e. The number of anilines is 3. The fourth-order valence-electron chi connectivity index (χ4n) is 4.16. The van der Waals surface area contributed by atoms with Crippen molar-refractivity contribution in [3.05, 3.63) is 96.6 Å². The maximum Gasteiger partial charge on any atom is 0.412 e. The zero-order valence-corrected chi connectivity index (χ0v) is 20.2. The van der Waals surface area contributed by atoms with Gasteiger partial charge in [-0.25, -0.2) is 4.79 Å². The third-order valence-electron chi connectivity index (χ3n) is 5.99. The van der Waals surface area contributed by atoms with Crippen molar-refractivity contribution in [3.63, 3.8) is 0 Å². The normalized spacial score (nSPS) is 12.8. The van der Waals surface area contributed by atoms with E-state index in [2.05, 4.69) is 10.6 Å². The fourth-order valence-corrected chi connectivity index (χ4v) is 4.16. The van der Waals surface area contributed by atoms with E-state index in [1.807, 2.05) is 18.2 Å². The van der Waals surface area contributed by atoms with Crippen molar-refractivity contribution in [3.8, 4) is 17.2 Å². The molecule has 0 aromatic heterocycles. The number of nitrogens with one attached hydrogen (secondary N) is 2. The van der Waals surface area contributed by atoms with Gasteiger partial charge in [-0.15, -0.1) is 0 Å². The molecule has 0 spiro atoms. The van der Waals surface area contributed by atoms with Gasteiger partial charge in [0.05, 0.1) is 11.4 Å². The Kier molecular flexibility index (Phi) is 6.99. The van der Waals surface area contributed by atoms with Crippen LogP contribution in [0.15, 0.2) is 91.0 Å². The number of amides is 2. The van der Waals surface area contributed by atoms with Crippen molar-refractivity contribution in [2.45, 2.75) is 12.5 Å². The average Bonchev–Trinajstić information content (AvgIpc) is 3.38. The first kappa shape index (κ1) is 24.5. The summed E-state index contributed by atoms with van der Waals surface area (Å²) < 4.78 is 16.5. The minimum absolute atomic E-state index is 0.114. The molecule has 9 heteroatoms. The predicted octanol–water partition coefficient (Wildman–Crippen LogP) is 5.73. The van der Waals surface area contributed by atoms with Gasteiger partial charge >= 0.3 is 6.09 Å². The Morgan fingerprint density at radius 3 is 2.55 bits per heavy atom. The molecule has 0 aliphatic carbocycles. The van der Waals surface area contributed by atoms with Gasteiger partial charge < -0.3 is 30.4 Å². The van der Waals surface area contributed by atoms with Crippen LogP contribution in [0.2, 0.25) is 0 Å². The summed E-state index contributed by atoms with van der Waals surface area (Å²) in [5.41, 5.74) is 8.00. The zero-order valence-electron chi connectivity index (χ0n) is 20.2. The van der Waals surface area contributed by atoms with Gasteiger partial charge in [0.2, 0.25) is 12.7 Å². The van der Waals surface area contributed by atoms with Gasteiger partial charge in [-0.05, 0) is 41.8 Å². The number of para-hydroxylation sites is 2. The van der Waals surface area contributed by atoms with Crippen LogP contribution < -0.4 is 25.8 Å². The molecule has 5 rings (SSSR count). The quantitative estimate of drug-likeness (QED) is 0.184. The number of phenols is 1. The first-order valence-corrected chi connectivity index (χ1v) is 11.9. The summed E-state index contributed by atoms with van der Waals surface area (Å²) in [6, 6.07) is 22.5. The number of aromatic hydroxyl groups is 1. The number of phenolic OH excluding ortho intramolecular Hbond substituents is 1. The molecular formula is C29H25N3O6. The average molecular weight is 512 g/mol. The van der Waals surface area contributed by atoms with Gasteiger partial charge in [-0.2, -0.15) is 0 Å². The summed E-state index contributed by atoms with van der Waals surface area (Å²) in [4.78, 5) is 25.4. The molecule has 5 N–H and O–H groups in total.